The first-order chi connectivity index (χ1) is 9.61. The molecule has 0 bridgehead atoms. The van der Waals surface area contributed by atoms with Gasteiger partial charge in [-0.15, -0.1) is 0 Å². The largest absolute Gasteiger partial charge is 0.385 e. The summed E-state index contributed by atoms with van der Waals surface area (Å²) in [5, 5.41) is 23.1. The van der Waals surface area contributed by atoms with Gasteiger partial charge in [0.1, 0.15) is 11.6 Å². The molecule has 0 aliphatic heterocycles. The number of rotatable bonds is 4. The van der Waals surface area contributed by atoms with Crippen molar-refractivity contribution in [2.45, 2.75) is 32.6 Å². The highest BCUT2D eigenvalue weighted by atomic mass is 16.6. The highest BCUT2D eigenvalue weighted by Crippen LogP contribution is 2.30. The predicted molar refractivity (Wildman–Crippen MR) is 77.4 cm³/mol. The number of nitriles is 1. The summed E-state index contributed by atoms with van der Waals surface area (Å²) in [5.74, 6) is 1.36. The van der Waals surface area contributed by atoms with Gasteiger partial charge in [0.25, 0.3) is 5.69 Å². The lowest BCUT2D eigenvalue weighted by Crippen LogP contribution is -2.24. The number of nitro benzene ring substituents is 1. The maximum absolute atomic E-state index is 10.8. The van der Waals surface area contributed by atoms with Crippen molar-refractivity contribution >= 4 is 11.4 Å². The molecule has 5 heteroatoms. The molecule has 1 fully saturated rings. The summed E-state index contributed by atoms with van der Waals surface area (Å²) in [4.78, 5) is 10.3. The summed E-state index contributed by atoms with van der Waals surface area (Å²) >= 11 is 0. The fourth-order valence-electron chi connectivity index (χ4n) is 2.84. The van der Waals surface area contributed by atoms with Crippen molar-refractivity contribution < 1.29 is 4.92 Å². The monoisotopic (exact) mass is 273 g/mol. The van der Waals surface area contributed by atoms with E-state index in [0.29, 0.717) is 11.8 Å². The molecule has 0 spiro atoms. The molecule has 0 saturated heterocycles. The highest BCUT2D eigenvalue weighted by molar-refractivity contribution is 5.58. The van der Waals surface area contributed by atoms with Crippen molar-refractivity contribution in [2.75, 3.05) is 11.9 Å². The van der Waals surface area contributed by atoms with Gasteiger partial charge >= 0.3 is 0 Å². The lowest BCUT2D eigenvalue weighted by atomic mass is 9.80. The Bertz CT molecular complexity index is 536. The van der Waals surface area contributed by atoms with Crippen LogP contribution in [0.5, 0.6) is 0 Å². The molecule has 2 atom stereocenters. The number of hydrogen-bond acceptors (Lipinski definition) is 4. The lowest BCUT2D eigenvalue weighted by Gasteiger charge is -2.29. The van der Waals surface area contributed by atoms with Crippen LogP contribution in [0.3, 0.4) is 0 Å². The van der Waals surface area contributed by atoms with E-state index in [0.717, 1.165) is 12.2 Å². The second-order valence-corrected chi connectivity index (χ2v) is 5.50. The summed E-state index contributed by atoms with van der Waals surface area (Å²) in [6.07, 6.45) is 5.09. The van der Waals surface area contributed by atoms with Crippen LogP contribution in [0.25, 0.3) is 0 Å². The SMILES string of the molecule is CC1CCCCC1CNc1ccc([N+](=O)[O-])c(C#N)c1. The second kappa shape index (κ2) is 6.38. The molecule has 0 amide bonds. The Morgan fingerprint density at radius 3 is 2.85 bits per heavy atom. The Hall–Kier alpha value is -2.09. The molecule has 0 radical (unpaired) electrons. The zero-order valence-electron chi connectivity index (χ0n) is 11.6. The zero-order valence-corrected chi connectivity index (χ0v) is 11.6. The molecule has 106 valence electrons. The second-order valence-electron chi connectivity index (χ2n) is 5.50. The maximum Gasteiger partial charge on any atom is 0.287 e. The third-order valence-electron chi connectivity index (χ3n) is 4.17. The van der Waals surface area contributed by atoms with E-state index in [1.54, 1.807) is 12.1 Å². The van der Waals surface area contributed by atoms with Crippen LogP contribution in [0, 0.1) is 33.3 Å². The van der Waals surface area contributed by atoms with Crippen LogP contribution in [0.4, 0.5) is 11.4 Å². The van der Waals surface area contributed by atoms with E-state index in [-0.39, 0.29) is 11.3 Å². The molecular weight excluding hydrogens is 254 g/mol. The Balaban J connectivity index is 2.03. The Labute approximate surface area is 118 Å². The van der Waals surface area contributed by atoms with Crippen LogP contribution in [0.1, 0.15) is 38.2 Å². The van der Waals surface area contributed by atoms with E-state index in [9.17, 15) is 10.1 Å². The van der Waals surface area contributed by atoms with Gasteiger partial charge < -0.3 is 5.32 Å². The minimum Gasteiger partial charge on any atom is -0.385 e. The molecule has 1 saturated carbocycles. The third-order valence-corrected chi connectivity index (χ3v) is 4.17. The van der Waals surface area contributed by atoms with Crippen LogP contribution in [-0.4, -0.2) is 11.5 Å². The fourth-order valence-corrected chi connectivity index (χ4v) is 2.84. The number of anilines is 1. The highest BCUT2D eigenvalue weighted by Gasteiger charge is 2.21. The minimum atomic E-state index is -0.522. The summed E-state index contributed by atoms with van der Waals surface area (Å²) in [7, 11) is 0. The first-order valence-electron chi connectivity index (χ1n) is 7.04. The van der Waals surface area contributed by atoms with E-state index in [2.05, 4.69) is 12.2 Å². The van der Waals surface area contributed by atoms with E-state index >= 15 is 0 Å². The summed E-state index contributed by atoms with van der Waals surface area (Å²) in [6.45, 7) is 3.14. The van der Waals surface area contributed by atoms with Crippen molar-refractivity contribution in [1.29, 1.82) is 5.26 Å². The molecule has 20 heavy (non-hydrogen) atoms. The number of benzene rings is 1. The summed E-state index contributed by atoms with van der Waals surface area (Å²) in [6, 6.07) is 6.51. The molecule has 1 aliphatic carbocycles. The van der Waals surface area contributed by atoms with Gasteiger partial charge in [-0.3, -0.25) is 10.1 Å². The first kappa shape index (κ1) is 14.3. The minimum absolute atomic E-state index is 0.108. The van der Waals surface area contributed by atoms with Gasteiger partial charge in [-0.05, 0) is 30.4 Å². The van der Waals surface area contributed by atoms with E-state index in [1.807, 2.05) is 6.07 Å². The lowest BCUT2D eigenvalue weighted by molar-refractivity contribution is -0.385. The molecule has 5 nitrogen and oxygen atoms in total. The van der Waals surface area contributed by atoms with Crippen LogP contribution in [0.15, 0.2) is 18.2 Å². The summed E-state index contributed by atoms with van der Waals surface area (Å²) < 4.78 is 0. The molecule has 2 rings (SSSR count). The molecule has 2 unspecified atom stereocenters. The standard InChI is InChI=1S/C15H19N3O2/c1-11-4-2-3-5-12(11)10-17-14-6-7-15(18(19)20)13(8-14)9-16/h6-8,11-12,17H,2-5,10H2,1H3. The molecule has 1 aliphatic rings. The van der Waals surface area contributed by atoms with Crippen LogP contribution in [-0.2, 0) is 0 Å². The Morgan fingerprint density at radius 1 is 1.45 bits per heavy atom. The topological polar surface area (TPSA) is 79.0 Å². The van der Waals surface area contributed by atoms with E-state index < -0.39 is 4.92 Å². The van der Waals surface area contributed by atoms with Crippen molar-refractivity contribution in [3.8, 4) is 6.07 Å². The zero-order chi connectivity index (χ0) is 14.5. The molecule has 1 aromatic rings. The van der Waals surface area contributed by atoms with Crippen molar-refractivity contribution in [1.82, 2.24) is 0 Å². The van der Waals surface area contributed by atoms with Gasteiger partial charge in [0.05, 0.1) is 4.92 Å². The molecule has 1 N–H and O–H groups in total. The fraction of sp³-hybridized carbons (Fsp3) is 0.533. The number of nitrogens with one attached hydrogen (secondary N) is 1. The number of hydrogen-bond donors (Lipinski definition) is 1. The predicted octanol–water partition coefficient (Wildman–Crippen LogP) is 3.70. The smallest absolute Gasteiger partial charge is 0.287 e. The molecule has 1 aromatic carbocycles. The third kappa shape index (κ3) is 3.27. The average molecular weight is 273 g/mol. The number of nitrogens with zero attached hydrogens (tertiary/aromatic N) is 2. The van der Waals surface area contributed by atoms with Crippen LogP contribution >= 0.6 is 0 Å². The van der Waals surface area contributed by atoms with Crippen molar-refractivity contribution in [2.24, 2.45) is 11.8 Å². The quantitative estimate of drug-likeness (QED) is 0.670. The maximum atomic E-state index is 10.8. The van der Waals surface area contributed by atoms with Gasteiger partial charge in [0, 0.05) is 18.3 Å². The van der Waals surface area contributed by atoms with E-state index in [4.69, 9.17) is 5.26 Å². The van der Waals surface area contributed by atoms with Gasteiger partial charge in [-0.1, -0.05) is 26.2 Å². The summed E-state index contributed by atoms with van der Waals surface area (Å²) in [5.41, 5.74) is 0.755. The van der Waals surface area contributed by atoms with Gasteiger partial charge in [0.15, 0.2) is 0 Å². The van der Waals surface area contributed by atoms with Crippen LogP contribution < -0.4 is 5.32 Å². The normalized spacial score (nSPS) is 22.0. The van der Waals surface area contributed by atoms with Crippen molar-refractivity contribution in [3.05, 3.63) is 33.9 Å². The average Bonchev–Trinajstić information content (AvgIpc) is 2.46. The Kier molecular flexibility index (Phi) is 4.57. The van der Waals surface area contributed by atoms with Gasteiger partial charge in [0.2, 0.25) is 0 Å². The Morgan fingerprint density at radius 2 is 2.20 bits per heavy atom. The first-order valence-corrected chi connectivity index (χ1v) is 7.04. The van der Waals surface area contributed by atoms with Crippen LogP contribution in [0.2, 0.25) is 0 Å². The van der Waals surface area contributed by atoms with Gasteiger partial charge in [-0.2, -0.15) is 5.26 Å². The molecular formula is C15H19N3O2. The molecule has 0 heterocycles. The molecule has 0 aromatic heterocycles. The van der Waals surface area contributed by atoms with E-state index in [1.165, 1.54) is 31.7 Å². The van der Waals surface area contributed by atoms with Crippen molar-refractivity contribution in [3.63, 3.8) is 0 Å². The number of nitro groups is 1. The van der Waals surface area contributed by atoms with Gasteiger partial charge in [-0.25, -0.2) is 0 Å².